The molecule has 0 bridgehead atoms. The molecule has 0 unspecified atom stereocenters. The van der Waals surface area contributed by atoms with E-state index in [0.717, 1.165) is 61.9 Å². The summed E-state index contributed by atoms with van der Waals surface area (Å²) in [6.45, 7) is 9.80. The molecule has 1 aliphatic heterocycles. The second-order valence-electron chi connectivity index (χ2n) is 9.72. The van der Waals surface area contributed by atoms with Crippen molar-refractivity contribution in [1.82, 2.24) is 9.97 Å². The molecule has 2 aromatic carbocycles. The van der Waals surface area contributed by atoms with Gasteiger partial charge < -0.3 is 14.9 Å². The second kappa shape index (κ2) is 9.03. The van der Waals surface area contributed by atoms with E-state index in [1.54, 1.807) is 20.8 Å². The van der Waals surface area contributed by atoms with E-state index >= 15 is 0 Å². The molecule has 0 spiro atoms. The van der Waals surface area contributed by atoms with Crippen molar-refractivity contribution in [2.45, 2.75) is 53.1 Å². The predicted octanol–water partition coefficient (Wildman–Crippen LogP) is 5.41. The minimum absolute atomic E-state index is 0.0859. The fraction of sp³-hybridized carbons (Fsp3) is 0.321. The van der Waals surface area contributed by atoms with E-state index in [1.165, 1.54) is 5.56 Å². The van der Waals surface area contributed by atoms with E-state index in [1.807, 2.05) is 56.4 Å². The van der Waals surface area contributed by atoms with Crippen LogP contribution in [0.15, 0.2) is 42.6 Å². The van der Waals surface area contributed by atoms with Gasteiger partial charge in [-0.25, -0.2) is 0 Å². The van der Waals surface area contributed by atoms with E-state index in [2.05, 4.69) is 4.98 Å². The SMILES string of the molecule is CC(C)(C)O.Cc1ccc2c(-c3ccc4c5c(ccnc35)CCO4)c(CC(=O)O)c(C)nc2c1. The fourth-order valence-corrected chi connectivity index (χ4v) is 4.32. The minimum Gasteiger partial charge on any atom is -0.493 e. The normalized spacial score (nSPS) is 12.8. The summed E-state index contributed by atoms with van der Waals surface area (Å²) < 4.78 is 5.86. The molecule has 1 aliphatic rings. The lowest BCUT2D eigenvalue weighted by Gasteiger charge is -2.21. The van der Waals surface area contributed by atoms with Crippen LogP contribution in [0.2, 0.25) is 0 Å². The van der Waals surface area contributed by atoms with Gasteiger partial charge in [-0.3, -0.25) is 14.8 Å². The van der Waals surface area contributed by atoms with Crippen LogP contribution in [0.1, 0.15) is 43.2 Å². The summed E-state index contributed by atoms with van der Waals surface area (Å²) >= 11 is 0. The molecule has 5 rings (SSSR count). The molecule has 0 saturated carbocycles. The number of fused-ring (bicyclic) bond motifs is 1. The van der Waals surface area contributed by atoms with Gasteiger partial charge in [0, 0.05) is 34.6 Å². The number of carboxylic acid groups (broad SMARTS) is 1. The van der Waals surface area contributed by atoms with Gasteiger partial charge >= 0.3 is 5.97 Å². The number of rotatable bonds is 3. The minimum atomic E-state index is -0.873. The van der Waals surface area contributed by atoms with Crippen molar-refractivity contribution in [1.29, 1.82) is 0 Å². The molecule has 0 amide bonds. The maximum absolute atomic E-state index is 11.7. The van der Waals surface area contributed by atoms with Gasteiger partial charge in [0.15, 0.2) is 0 Å². The van der Waals surface area contributed by atoms with E-state index in [9.17, 15) is 9.90 Å². The van der Waals surface area contributed by atoms with Crippen molar-refractivity contribution in [3.8, 4) is 16.9 Å². The van der Waals surface area contributed by atoms with Crippen LogP contribution < -0.4 is 4.74 Å². The number of hydrogen-bond donors (Lipinski definition) is 2. The molecule has 0 saturated heterocycles. The highest BCUT2D eigenvalue weighted by atomic mass is 16.5. The first-order chi connectivity index (χ1) is 16.0. The van der Waals surface area contributed by atoms with Gasteiger partial charge in [0.25, 0.3) is 0 Å². The Labute approximate surface area is 199 Å². The largest absolute Gasteiger partial charge is 0.493 e. The standard InChI is InChI=1S/C24H20N2O3.C4H10O/c1-13-3-4-16-19(11-13)26-14(2)18(12-21(27)28)23(16)17-5-6-20-22-15(8-10-29-20)7-9-25-24(17)22;1-4(2,3)5/h3-7,9,11H,8,10,12H2,1-2H3,(H,27,28);5H,1-3H3. The number of hydrogen-bond acceptors (Lipinski definition) is 5. The third kappa shape index (κ3) is 4.87. The summed E-state index contributed by atoms with van der Waals surface area (Å²) in [6, 6.07) is 12.1. The molecule has 6 heteroatoms. The number of ether oxygens (including phenoxy) is 1. The van der Waals surface area contributed by atoms with Gasteiger partial charge in [-0.05, 0) is 81.1 Å². The van der Waals surface area contributed by atoms with E-state index < -0.39 is 11.6 Å². The van der Waals surface area contributed by atoms with Crippen LogP contribution in [0.5, 0.6) is 5.75 Å². The molecule has 176 valence electrons. The highest BCUT2D eigenvalue weighted by molar-refractivity contribution is 6.07. The predicted molar refractivity (Wildman–Crippen MR) is 134 cm³/mol. The smallest absolute Gasteiger partial charge is 0.307 e. The van der Waals surface area contributed by atoms with Crippen LogP contribution in [0.4, 0.5) is 0 Å². The van der Waals surface area contributed by atoms with Crippen LogP contribution in [0.3, 0.4) is 0 Å². The third-order valence-corrected chi connectivity index (χ3v) is 5.62. The first-order valence-corrected chi connectivity index (χ1v) is 11.4. The van der Waals surface area contributed by atoms with Gasteiger partial charge in [-0.1, -0.05) is 12.1 Å². The number of pyridine rings is 2. The summed E-state index contributed by atoms with van der Waals surface area (Å²) in [4.78, 5) is 21.1. The maximum atomic E-state index is 11.7. The Morgan fingerprint density at radius 2 is 1.85 bits per heavy atom. The van der Waals surface area contributed by atoms with Crippen LogP contribution >= 0.6 is 0 Å². The summed E-state index contributed by atoms with van der Waals surface area (Å²) in [6.07, 6.45) is 2.58. The molecule has 2 aromatic heterocycles. The lowest BCUT2D eigenvalue weighted by Crippen LogP contribution is -2.10. The molecule has 0 fully saturated rings. The molecular weight excluding hydrogens is 428 g/mol. The van der Waals surface area contributed by atoms with Crippen LogP contribution in [0, 0.1) is 13.8 Å². The summed E-state index contributed by atoms with van der Waals surface area (Å²) in [5.74, 6) is -0.0366. The summed E-state index contributed by atoms with van der Waals surface area (Å²) in [5, 5.41) is 20.0. The lowest BCUT2D eigenvalue weighted by atomic mass is 9.89. The van der Waals surface area contributed by atoms with E-state index in [-0.39, 0.29) is 6.42 Å². The molecule has 6 nitrogen and oxygen atoms in total. The second-order valence-corrected chi connectivity index (χ2v) is 9.72. The number of aliphatic hydroxyl groups is 1. The van der Waals surface area contributed by atoms with Crippen molar-refractivity contribution in [2.24, 2.45) is 0 Å². The Bertz CT molecular complexity index is 1390. The van der Waals surface area contributed by atoms with Gasteiger partial charge in [0.2, 0.25) is 0 Å². The third-order valence-electron chi connectivity index (χ3n) is 5.62. The number of carbonyl (C=O) groups is 1. The zero-order valence-electron chi connectivity index (χ0n) is 20.3. The summed E-state index contributed by atoms with van der Waals surface area (Å²) in [5.41, 5.74) is 6.82. The molecule has 0 radical (unpaired) electrons. The monoisotopic (exact) mass is 458 g/mol. The molecule has 3 heterocycles. The van der Waals surface area contributed by atoms with Crippen molar-refractivity contribution < 1.29 is 19.7 Å². The Morgan fingerprint density at radius 1 is 1.12 bits per heavy atom. The Kier molecular flexibility index (Phi) is 6.28. The van der Waals surface area contributed by atoms with Crippen LogP contribution in [-0.4, -0.2) is 38.4 Å². The zero-order chi connectivity index (χ0) is 24.6. The number of aryl methyl sites for hydroxylation is 2. The van der Waals surface area contributed by atoms with Crippen molar-refractivity contribution in [3.63, 3.8) is 0 Å². The van der Waals surface area contributed by atoms with Crippen molar-refractivity contribution in [3.05, 3.63) is 65.0 Å². The first kappa shape index (κ1) is 23.6. The Balaban J connectivity index is 0.000000499. The molecule has 34 heavy (non-hydrogen) atoms. The Hall–Kier alpha value is -3.51. The summed E-state index contributed by atoms with van der Waals surface area (Å²) in [7, 11) is 0. The fourth-order valence-electron chi connectivity index (χ4n) is 4.32. The average molecular weight is 459 g/mol. The van der Waals surface area contributed by atoms with Crippen LogP contribution in [-0.2, 0) is 17.6 Å². The topological polar surface area (TPSA) is 92.5 Å². The van der Waals surface area contributed by atoms with Gasteiger partial charge in [0.1, 0.15) is 5.75 Å². The highest BCUT2D eigenvalue weighted by Crippen LogP contribution is 2.41. The quantitative estimate of drug-likeness (QED) is 0.427. The molecule has 2 N–H and O–H groups in total. The number of aromatic nitrogens is 2. The highest BCUT2D eigenvalue weighted by Gasteiger charge is 2.22. The molecular formula is C28H30N2O4. The zero-order valence-corrected chi connectivity index (χ0v) is 20.3. The number of carboxylic acids is 1. The molecule has 0 aliphatic carbocycles. The van der Waals surface area contributed by atoms with Gasteiger partial charge in [-0.15, -0.1) is 0 Å². The first-order valence-electron chi connectivity index (χ1n) is 11.4. The number of nitrogens with zero attached hydrogens (tertiary/aromatic N) is 2. The lowest BCUT2D eigenvalue weighted by molar-refractivity contribution is -0.136. The average Bonchev–Trinajstić information content (AvgIpc) is 2.74. The molecule has 0 atom stereocenters. The van der Waals surface area contributed by atoms with Gasteiger partial charge in [0.05, 0.1) is 29.7 Å². The molecule has 4 aromatic rings. The van der Waals surface area contributed by atoms with E-state index in [0.29, 0.717) is 6.61 Å². The van der Waals surface area contributed by atoms with Gasteiger partial charge in [-0.2, -0.15) is 0 Å². The number of aliphatic carboxylic acids is 1. The Morgan fingerprint density at radius 3 is 2.56 bits per heavy atom. The van der Waals surface area contributed by atoms with E-state index in [4.69, 9.17) is 14.8 Å². The number of benzene rings is 2. The van der Waals surface area contributed by atoms with Crippen LogP contribution in [0.25, 0.3) is 32.9 Å². The maximum Gasteiger partial charge on any atom is 0.307 e. The van der Waals surface area contributed by atoms with Crippen molar-refractivity contribution in [2.75, 3.05) is 6.61 Å². The van der Waals surface area contributed by atoms with Crippen molar-refractivity contribution >= 4 is 27.8 Å².